The van der Waals surface area contributed by atoms with E-state index in [4.69, 9.17) is 10.5 Å². The molecule has 118 valence electrons. The molecule has 23 heavy (non-hydrogen) atoms. The second kappa shape index (κ2) is 7.07. The quantitative estimate of drug-likeness (QED) is 0.760. The van der Waals surface area contributed by atoms with Crippen LogP contribution in [0.25, 0.3) is 5.69 Å². The van der Waals surface area contributed by atoms with Gasteiger partial charge in [0, 0.05) is 13.0 Å². The van der Waals surface area contributed by atoms with Crippen LogP contribution in [0, 0.1) is 6.92 Å². The van der Waals surface area contributed by atoms with Crippen molar-refractivity contribution >= 4 is 0 Å². The van der Waals surface area contributed by atoms with Crippen molar-refractivity contribution in [2.24, 2.45) is 5.73 Å². The van der Waals surface area contributed by atoms with Crippen LogP contribution in [0.2, 0.25) is 0 Å². The summed E-state index contributed by atoms with van der Waals surface area (Å²) in [5.74, 6) is 0.858. The van der Waals surface area contributed by atoms with Crippen molar-refractivity contribution < 1.29 is 4.74 Å². The van der Waals surface area contributed by atoms with Crippen LogP contribution in [0.3, 0.4) is 0 Å². The summed E-state index contributed by atoms with van der Waals surface area (Å²) < 4.78 is 7.66. The zero-order valence-corrected chi connectivity index (χ0v) is 13.1. The Labute approximate surface area is 135 Å². The molecule has 1 heterocycles. The third-order valence-corrected chi connectivity index (χ3v) is 3.73. The van der Waals surface area contributed by atoms with E-state index in [1.165, 1.54) is 0 Å². The summed E-state index contributed by atoms with van der Waals surface area (Å²) in [7, 11) is 0. The third kappa shape index (κ3) is 3.40. The molecule has 0 spiro atoms. The van der Waals surface area contributed by atoms with E-state index in [1.54, 1.807) is 0 Å². The first-order valence-corrected chi connectivity index (χ1v) is 7.67. The molecule has 0 unspecified atom stereocenters. The molecule has 0 saturated carbocycles. The molecule has 0 amide bonds. The van der Waals surface area contributed by atoms with Crippen LogP contribution in [0.1, 0.15) is 17.0 Å². The number of nitrogens with zero attached hydrogens (tertiary/aromatic N) is 3. The molecule has 3 aromatic rings. The lowest BCUT2D eigenvalue weighted by molar-refractivity contribution is 0.319. The Hall–Kier alpha value is -2.66. The van der Waals surface area contributed by atoms with E-state index in [0.29, 0.717) is 19.6 Å². The molecule has 1 aromatic heterocycles. The van der Waals surface area contributed by atoms with Crippen molar-refractivity contribution in [3.05, 3.63) is 71.5 Å². The van der Waals surface area contributed by atoms with Gasteiger partial charge < -0.3 is 10.5 Å². The molecule has 5 nitrogen and oxygen atoms in total. The van der Waals surface area contributed by atoms with Crippen LogP contribution in [-0.2, 0) is 13.0 Å². The fourth-order valence-corrected chi connectivity index (χ4v) is 2.52. The smallest absolute Gasteiger partial charge is 0.119 e. The van der Waals surface area contributed by atoms with Gasteiger partial charge >= 0.3 is 0 Å². The summed E-state index contributed by atoms with van der Waals surface area (Å²) in [6.07, 6.45) is 0.697. The van der Waals surface area contributed by atoms with Crippen LogP contribution >= 0.6 is 0 Å². The molecule has 2 N–H and O–H groups in total. The maximum absolute atomic E-state index is 5.81. The predicted octanol–water partition coefficient (Wildman–Crippen LogP) is 2.66. The molecule has 2 aromatic carbocycles. The van der Waals surface area contributed by atoms with Gasteiger partial charge in [-0.05, 0) is 30.7 Å². The standard InChI is InChI=1S/C18H20N4O/c1-14-7-5-6-10-17(14)22-18(16(13-19)20-21-22)11-12-23-15-8-3-2-4-9-15/h2-10H,11-13,19H2,1H3. The average molecular weight is 308 g/mol. The molecule has 3 rings (SSSR count). The first kappa shape index (κ1) is 15.2. The largest absolute Gasteiger partial charge is 0.493 e. The van der Waals surface area contributed by atoms with E-state index in [-0.39, 0.29) is 0 Å². The first-order valence-electron chi connectivity index (χ1n) is 7.67. The summed E-state index contributed by atoms with van der Waals surface area (Å²) in [5.41, 5.74) is 9.78. The van der Waals surface area contributed by atoms with Gasteiger partial charge in [0.15, 0.2) is 0 Å². The highest BCUT2D eigenvalue weighted by atomic mass is 16.5. The number of ether oxygens (including phenoxy) is 1. The number of rotatable bonds is 6. The van der Waals surface area contributed by atoms with Gasteiger partial charge in [-0.25, -0.2) is 4.68 Å². The van der Waals surface area contributed by atoms with E-state index in [9.17, 15) is 0 Å². The Morgan fingerprint density at radius 1 is 1.04 bits per heavy atom. The van der Waals surface area contributed by atoms with Gasteiger partial charge in [-0.1, -0.05) is 41.6 Å². The molecule has 0 bridgehead atoms. The van der Waals surface area contributed by atoms with Crippen molar-refractivity contribution in [3.63, 3.8) is 0 Å². The Bertz CT molecular complexity index is 768. The van der Waals surface area contributed by atoms with Crippen molar-refractivity contribution in [2.75, 3.05) is 6.61 Å². The lowest BCUT2D eigenvalue weighted by Gasteiger charge is -2.11. The maximum Gasteiger partial charge on any atom is 0.119 e. The number of aromatic nitrogens is 3. The van der Waals surface area contributed by atoms with E-state index in [2.05, 4.69) is 23.3 Å². The third-order valence-electron chi connectivity index (χ3n) is 3.73. The van der Waals surface area contributed by atoms with Crippen LogP contribution < -0.4 is 10.5 Å². The zero-order chi connectivity index (χ0) is 16.1. The maximum atomic E-state index is 5.81. The molecule has 0 fully saturated rings. The summed E-state index contributed by atoms with van der Waals surface area (Å²) in [4.78, 5) is 0. The van der Waals surface area contributed by atoms with Crippen LogP contribution in [0.5, 0.6) is 5.75 Å². The molecule has 5 heteroatoms. The number of aryl methyl sites for hydroxylation is 1. The Kier molecular flexibility index (Phi) is 4.68. The van der Waals surface area contributed by atoms with Crippen LogP contribution in [-0.4, -0.2) is 21.6 Å². The monoisotopic (exact) mass is 308 g/mol. The summed E-state index contributed by atoms with van der Waals surface area (Å²) in [6, 6.07) is 17.9. The van der Waals surface area contributed by atoms with Crippen LogP contribution in [0.15, 0.2) is 54.6 Å². The van der Waals surface area contributed by atoms with Crippen molar-refractivity contribution in [2.45, 2.75) is 19.9 Å². The normalized spacial score (nSPS) is 10.7. The van der Waals surface area contributed by atoms with Gasteiger partial charge in [0.2, 0.25) is 0 Å². The molecule has 0 radical (unpaired) electrons. The number of nitrogens with two attached hydrogens (primary N) is 1. The average Bonchev–Trinajstić information content (AvgIpc) is 2.99. The number of benzene rings is 2. The first-order chi connectivity index (χ1) is 11.3. The van der Waals surface area contributed by atoms with E-state index >= 15 is 0 Å². The second-order valence-corrected chi connectivity index (χ2v) is 5.30. The van der Waals surface area contributed by atoms with Crippen molar-refractivity contribution in [3.8, 4) is 11.4 Å². The van der Waals surface area contributed by atoms with Crippen LogP contribution in [0.4, 0.5) is 0 Å². The summed E-state index contributed by atoms with van der Waals surface area (Å²) in [5, 5.41) is 8.48. The fourth-order valence-electron chi connectivity index (χ4n) is 2.52. The van der Waals surface area contributed by atoms with Gasteiger partial charge in [-0.15, -0.1) is 5.10 Å². The van der Waals surface area contributed by atoms with Gasteiger partial charge in [-0.3, -0.25) is 0 Å². The van der Waals surface area contributed by atoms with E-state index in [1.807, 2.05) is 53.2 Å². The molecule has 0 atom stereocenters. The minimum Gasteiger partial charge on any atom is -0.493 e. The zero-order valence-electron chi connectivity index (χ0n) is 13.1. The van der Waals surface area contributed by atoms with Gasteiger partial charge in [0.05, 0.1) is 18.0 Å². The lowest BCUT2D eigenvalue weighted by Crippen LogP contribution is -2.11. The second-order valence-electron chi connectivity index (χ2n) is 5.30. The predicted molar refractivity (Wildman–Crippen MR) is 89.6 cm³/mol. The Morgan fingerprint density at radius 3 is 2.52 bits per heavy atom. The molecular formula is C18H20N4O. The minimum absolute atomic E-state index is 0.368. The van der Waals surface area contributed by atoms with Gasteiger partial charge in [0.25, 0.3) is 0 Å². The van der Waals surface area contributed by atoms with Gasteiger partial charge in [0.1, 0.15) is 11.4 Å². The molecule has 0 aliphatic carbocycles. The lowest BCUT2D eigenvalue weighted by atomic mass is 10.2. The van der Waals surface area contributed by atoms with Crippen molar-refractivity contribution in [1.29, 1.82) is 0 Å². The minimum atomic E-state index is 0.368. The topological polar surface area (TPSA) is 66.0 Å². The van der Waals surface area contributed by atoms with E-state index in [0.717, 1.165) is 28.4 Å². The Balaban J connectivity index is 1.81. The SMILES string of the molecule is Cc1ccccc1-n1nnc(CN)c1CCOc1ccccc1. The number of hydrogen-bond donors (Lipinski definition) is 1. The Morgan fingerprint density at radius 2 is 1.78 bits per heavy atom. The highest BCUT2D eigenvalue weighted by Crippen LogP contribution is 2.17. The summed E-state index contributed by atoms with van der Waals surface area (Å²) in [6.45, 7) is 2.98. The molecule has 0 aliphatic heterocycles. The molecular weight excluding hydrogens is 288 g/mol. The summed E-state index contributed by atoms with van der Waals surface area (Å²) >= 11 is 0. The highest BCUT2D eigenvalue weighted by Gasteiger charge is 2.14. The fraction of sp³-hybridized carbons (Fsp3) is 0.222. The number of hydrogen-bond acceptors (Lipinski definition) is 4. The highest BCUT2D eigenvalue weighted by molar-refractivity contribution is 5.41. The van der Waals surface area contributed by atoms with Gasteiger partial charge in [-0.2, -0.15) is 0 Å². The number of para-hydroxylation sites is 2. The molecule has 0 aliphatic rings. The molecule has 0 saturated heterocycles. The van der Waals surface area contributed by atoms with Crippen molar-refractivity contribution in [1.82, 2.24) is 15.0 Å². The van der Waals surface area contributed by atoms with E-state index < -0.39 is 0 Å².